The Hall–Kier alpha value is -1.26. The Bertz CT molecular complexity index is 456. The fraction of sp³-hybridized carbons (Fsp3) is 0.588. The molecule has 0 heterocycles. The number of halogens is 1. The summed E-state index contributed by atoms with van der Waals surface area (Å²) in [5.74, 6) is 0.201. The molecule has 1 amide bonds. The molecule has 2 rings (SSSR count). The third-order valence-electron chi connectivity index (χ3n) is 4.51. The van der Waals surface area contributed by atoms with E-state index in [4.69, 9.17) is 10.5 Å². The molecule has 0 saturated heterocycles. The van der Waals surface area contributed by atoms with Crippen LogP contribution in [0, 0.1) is 5.41 Å². The Morgan fingerprint density at radius 2 is 1.91 bits per heavy atom. The first kappa shape index (κ1) is 18.8. The molecule has 5 heteroatoms. The van der Waals surface area contributed by atoms with Gasteiger partial charge in [-0.1, -0.05) is 25.0 Å². The van der Waals surface area contributed by atoms with Gasteiger partial charge >= 0.3 is 0 Å². The lowest BCUT2D eigenvalue weighted by Gasteiger charge is -2.27. The van der Waals surface area contributed by atoms with Crippen LogP contribution in [-0.4, -0.2) is 26.2 Å². The number of carbonyl (C=O) groups is 1. The van der Waals surface area contributed by atoms with Gasteiger partial charge in [0.2, 0.25) is 5.91 Å². The van der Waals surface area contributed by atoms with E-state index in [2.05, 4.69) is 5.32 Å². The number of hydrogen-bond donors (Lipinski definition) is 2. The summed E-state index contributed by atoms with van der Waals surface area (Å²) in [6.07, 6.45) is 5.95. The number of rotatable bonds is 7. The zero-order chi connectivity index (χ0) is 15.1. The molecular weight excluding hydrogens is 300 g/mol. The van der Waals surface area contributed by atoms with Gasteiger partial charge in [0.25, 0.3) is 0 Å². The number of nitrogens with one attached hydrogen (secondary N) is 1. The number of carbonyl (C=O) groups excluding carboxylic acids is 1. The number of methoxy groups -OCH3 is 1. The monoisotopic (exact) mass is 326 g/mol. The highest BCUT2D eigenvalue weighted by atomic mass is 35.5. The number of anilines is 1. The van der Waals surface area contributed by atoms with Crippen molar-refractivity contribution in [3.63, 3.8) is 0 Å². The van der Waals surface area contributed by atoms with Crippen molar-refractivity contribution >= 4 is 24.0 Å². The summed E-state index contributed by atoms with van der Waals surface area (Å²) in [5, 5.41) is 3.11. The average Bonchev–Trinajstić information content (AvgIpc) is 2.97. The van der Waals surface area contributed by atoms with Gasteiger partial charge in [-0.05, 0) is 43.4 Å². The Kier molecular flexibility index (Phi) is 7.69. The quantitative estimate of drug-likeness (QED) is 0.757. The van der Waals surface area contributed by atoms with Gasteiger partial charge in [0.1, 0.15) is 0 Å². The summed E-state index contributed by atoms with van der Waals surface area (Å²) in [6.45, 7) is 1.34. The van der Waals surface area contributed by atoms with Gasteiger partial charge < -0.3 is 15.8 Å². The predicted molar refractivity (Wildman–Crippen MR) is 92.2 cm³/mol. The second-order valence-electron chi connectivity index (χ2n) is 5.98. The molecule has 0 radical (unpaired) electrons. The fourth-order valence-corrected chi connectivity index (χ4v) is 3.13. The van der Waals surface area contributed by atoms with E-state index >= 15 is 0 Å². The Labute approximate surface area is 139 Å². The van der Waals surface area contributed by atoms with Crippen molar-refractivity contribution in [1.82, 2.24) is 5.32 Å². The molecule has 1 fully saturated rings. The van der Waals surface area contributed by atoms with Crippen molar-refractivity contribution < 1.29 is 9.53 Å². The summed E-state index contributed by atoms with van der Waals surface area (Å²) in [4.78, 5) is 12.5. The van der Waals surface area contributed by atoms with Gasteiger partial charge in [-0.2, -0.15) is 0 Å². The third kappa shape index (κ3) is 4.89. The molecule has 124 valence electrons. The van der Waals surface area contributed by atoms with Crippen LogP contribution in [0.4, 0.5) is 5.69 Å². The van der Waals surface area contributed by atoms with Crippen LogP contribution in [0.2, 0.25) is 0 Å². The minimum absolute atomic E-state index is 0. The maximum Gasteiger partial charge on any atom is 0.226 e. The zero-order valence-corrected chi connectivity index (χ0v) is 14.1. The van der Waals surface area contributed by atoms with Crippen molar-refractivity contribution in [1.29, 1.82) is 0 Å². The summed E-state index contributed by atoms with van der Waals surface area (Å²) in [5.41, 5.74) is 7.44. The van der Waals surface area contributed by atoms with Gasteiger partial charge in [0.15, 0.2) is 0 Å². The second-order valence-corrected chi connectivity index (χ2v) is 5.98. The lowest BCUT2D eigenvalue weighted by atomic mass is 9.82. The number of nitrogens with two attached hydrogens (primary N) is 1. The first-order valence-electron chi connectivity index (χ1n) is 7.78. The molecule has 0 bridgehead atoms. The van der Waals surface area contributed by atoms with Crippen LogP contribution in [0.3, 0.4) is 0 Å². The van der Waals surface area contributed by atoms with E-state index in [1.165, 1.54) is 5.56 Å². The second kappa shape index (κ2) is 9.01. The fourth-order valence-electron chi connectivity index (χ4n) is 3.13. The van der Waals surface area contributed by atoms with Crippen molar-refractivity contribution in [3.05, 3.63) is 29.8 Å². The number of ether oxygens (including phenoxy) is 1. The van der Waals surface area contributed by atoms with E-state index in [0.717, 1.165) is 44.2 Å². The Morgan fingerprint density at radius 3 is 2.50 bits per heavy atom. The van der Waals surface area contributed by atoms with Crippen LogP contribution in [0.15, 0.2) is 24.3 Å². The molecule has 0 aromatic heterocycles. The molecule has 3 N–H and O–H groups in total. The normalized spacial score (nSPS) is 16.0. The topological polar surface area (TPSA) is 64.3 Å². The molecular formula is C17H27ClN2O2. The molecule has 1 saturated carbocycles. The lowest BCUT2D eigenvalue weighted by molar-refractivity contribution is -0.131. The molecule has 22 heavy (non-hydrogen) atoms. The van der Waals surface area contributed by atoms with Crippen molar-refractivity contribution in [2.75, 3.05) is 26.0 Å². The lowest BCUT2D eigenvalue weighted by Crippen LogP contribution is -2.40. The largest absolute Gasteiger partial charge is 0.399 e. The van der Waals surface area contributed by atoms with Crippen molar-refractivity contribution in [2.24, 2.45) is 5.41 Å². The third-order valence-corrected chi connectivity index (χ3v) is 4.51. The molecule has 1 aromatic rings. The summed E-state index contributed by atoms with van der Waals surface area (Å²) >= 11 is 0. The number of benzene rings is 1. The van der Waals surface area contributed by atoms with E-state index in [1.54, 1.807) is 7.11 Å². The summed E-state index contributed by atoms with van der Waals surface area (Å²) < 4.78 is 5.17. The molecule has 0 unspecified atom stereocenters. The maximum absolute atomic E-state index is 12.5. The number of hydrogen-bond acceptors (Lipinski definition) is 3. The van der Waals surface area contributed by atoms with Crippen molar-refractivity contribution in [3.8, 4) is 0 Å². The first-order chi connectivity index (χ1) is 10.2. The van der Waals surface area contributed by atoms with E-state index in [9.17, 15) is 4.79 Å². The van der Waals surface area contributed by atoms with Gasteiger partial charge in [-0.15, -0.1) is 12.4 Å². The summed E-state index contributed by atoms with van der Waals surface area (Å²) in [6, 6.07) is 7.82. The van der Waals surface area contributed by atoms with E-state index in [0.29, 0.717) is 13.2 Å². The van der Waals surface area contributed by atoms with Crippen LogP contribution in [0.1, 0.15) is 37.7 Å². The zero-order valence-electron chi connectivity index (χ0n) is 13.3. The van der Waals surface area contributed by atoms with Gasteiger partial charge in [0.05, 0.1) is 5.41 Å². The first-order valence-corrected chi connectivity index (χ1v) is 7.78. The molecule has 0 atom stereocenters. The van der Waals surface area contributed by atoms with Gasteiger partial charge in [0, 0.05) is 25.9 Å². The molecule has 1 aliphatic carbocycles. The highest BCUT2D eigenvalue weighted by Crippen LogP contribution is 2.41. The van der Waals surface area contributed by atoms with Crippen LogP contribution >= 0.6 is 12.4 Å². The molecule has 4 nitrogen and oxygen atoms in total. The minimum atomic E-state index is -0.197. The van der Waals surface area contributed by atoms with E-state index < -0.39 is 0 Å². The molecule has 0 spiro atoms. The molecule has 1 aliphatic rings. The standard InChI is InChI=1S/C17H26N2O2.ClH/c1-21-13-11-17(9-2-3-10-17)16(20)19-12-8-14-4-6-15(18)7-5-14;/h4-7H,2-3,8-13,18H2,1H3,(H,19,20);1H. The highest BCUT2D eigenvalue weighted by molar-refractivity contribution is 5.85. The van der Waals surface area contributed by atoms with Crippen LogP contribution < -0.4 is 11.1 Å². The summed E-state index contributed by atoms with van der Waals surface area (Å²) in [7, 11) is 1.70. The van der Waals surface area contributed by atoms with Gasteiger partial charge in [-0.3, -0.25) is 4.79 Å². The smallest absolute Gasteiger partial charge is 0.226 e. The average molecular weight is 327 g/mol. The SMILES string of the molecule is COCCC1(C(=O)NCCc2ccc(N)cc2)CCCC1.Cl. The molecule has 1 aromatic carbocycles. The minimum Gasteiger partial charge on any atom is -0.399 e. The van der Waals surface area contributed by atoms with E-state index in [-0.39, 0.29) is 23.7 Å². The van der Waals surface area contributed by atoms with Crippen LogP contribution in [-0.2, 0) is 16.0 Å². The Morgan fingerprint density at radius 1 is 1.27 bits per heavy atom. The maximum atomic E-state index is 12.5. The molecule has 0 aliphatic heterocycles. The number of amides is 1. The highest BCUT2D eigenvalue weighted by Gasteiger charge is 2.40. The van der Waals surface area contributed by atoms with Crippen LogP contribution in [0.5, 0.6) is 0 Å². The van der Waals surface area contributed by atoms with E-state index in [1.807, 2.05) is 24.3 Å². The van der Waals surface area contributed by atoms with Gasteiger partial charge in [-0.25, -0.2) is 0 Å². The van der Waals surface area contributed by atoms with Crippen LogP contribution in [0.25, 0.3) is 0 Å². The van der Waals surface area contributed by atoms with Crippen molar-refractivity contribution in [2.45, 2.75) is 38.5 Å². The Balaban J connectivity index is 0.00000242. The predicted octanol–water partition coefficient (Wildman–Crippen LogP) is 2.95. The number of nitrogen functional groups attached to an aromatic ring is 1.